The van der Waals surface area contributed by atoms with E-state index >= 15 is 0 Å². The van der Waals surface area contributed by atoms with E-state index in [9.17, 15) is 9.59 Å². The molecule has 0 aliphatic rings. The molecule has 0 rings (SSSR count). The highest BCUT2D eigenvalue weighted by Gasteiger charge is 2.18. The van der Waals surface area contributed by atoms with Gasteiger partial charge in [0.15, 0.2) is 0 Å². The van der Waals surface area contributed by atoms with Gasteiger partial charge in [0.1, 0.15) is 5.57 Å². The van der Waals surface area contributed by atoms with Gasteiger partial charge in [-0.15, -0.1) is 0 Å². The van der Waals surface area contributed by atoms with Gasteiger partial charge in [-0.2, -0.15) is 0 Å². The third kappa shape index (κ3) is 3.89. The monoisotopic (exact) mass is 198 g/mol. The van der Waals surface area contributed by atoms with Crippen molar-refractivity contribution in [2.75, 3.05) is 14.2 Å². The Morgan fingerprint density at radius 1 is 1.14 bits per heavy atom. The van der Waals surface area contributed by atoms with Crippen molar-refractivity contribution in [3.05, 3.63) is 23.8 Å². The van der Waals surface area contributed by atoms with Crippen LogP contribution in [0.3, 0.4) is 0 Å². The van der Waals surface area contributed by atoms with Crippen LogP contribution < -0.4 is 0 Å². The maximum atomic E-state index is 11.1. The highest BCUT2D eigenvalue weighted by molar-refractivity contribution is 6.14. The van der Waals surface area contributed by atoms with Gasteiger partial charge in [0.25, 0.3) is 0 Å². The minimum atomic E-state index is -0.697. The van der Waals surface area contributed by atoms with Crippen LogP contribution in [0.1, 0.15) is 13.3 Å². The van der Waals surface area contributed by atoms with Crippen molar-refractivity contribution in [1.82, 2.24) is 0 Å². The zero-order valence-electron chi connectivity index (χ0n) is 8.57. The number of esters is 2. The van der Waals surface area contributed by atoms with E-state index in [4.69, 9.17) is 0 Å². The Morgan fingerprint density at radius 3 is 2.00 bits per heavy atom. The number of carbonyl (C=O) groups excluding carboxylic acids is 2. The van der Waals surface area contributed by atoms with Crippen LogP contribution in [0.15, 0.2) is 23.8 Å². The maximum absolute atomic E-state index is 11.1. The van der Waals surface area contributed by atoms with Crippen molar-refractivity contribution >= 4 is 11.9 Å². The van der Waals surface area contributed by atoms with Gasteiger partial charge in [-0.05, 0) is 12.5 Å². The lowest BCUT2D eigenvalue weighted by Gasteiger charge is -2.01. The molecule has 0 aromatic heterocycles. The average molecular weight is 198 g/mol. The molecule has 0 unspecified atom stereocenters. The van der Waals surface area contributed by atoms with Gasteiger partial charge >= 0.3 is 11.9 Å². The Hall–Kier alpha value is -1.58. The molecule has 0 aliphatic heterocycles. The van der Waals surface area contributed by atoms with Gasteiger partial charge in [0.2, 0.25) is 0 Å². The van der Waals surface area contributed by atoms with Crippen molar-refractivity contribution in [3.63, 3.8) is 0 Å². The lowest BCUT2D eigenvalue weighted by molar-refractivity contribution is -0.144. The maximum Gasteiger partial charge on any atom is 0.345 e. The number of ether oxygens (including phenoxy) is 2. The number of rotatable bonds is 4. The van der Waals surface area contributed by atoms with E-state index in [0.29, 0.717) is 0 Å². The van der Waals surface area contributed by atoms with E-state index < -0.39 is 11.9 Å². The number of carbonyl (C=O) groups is 2. The molecule has 0 aromatic rings. The van der Waals surface area contributed by atoms with Crippen LogP contribution in [0, 0.1) is 0 Å². The molecular weight excluding hydrogens is 184 g/mol. The second kappa shape index (κ2) is 6.88. The molecule has 0 N–H and O–H groups in total. The lowest BCUT2D eigenvalue weighted by atomic mass is 10.2. The van der Waals surface area contributed by atoms with Crippen LogP contribution in [0.4, 0.5) is 0 Å². The highest BCUT2D eigenvalue weighted by Crippen LogP contribution is 2.01. The Morgan fingerprint density at radius 2 is 1.64 bits per heavy atom. The second-order valence-corrected chi connectivity index (χ2v) is 2.40. The van der Waals surface area contributed by atoms with Crippen LogP contribution in [0.5, 0.6) is 0 Å². The summed E-state index contributed by atoms with van der Waals surface area (Å²) in [4.78, 5) is 22.2. The normalized spacial score (nSPS) is 9.64. The highest BCUT2D eigenvalue weighted by atomic mass is 16.5. The Kier molecular flexibility index (Phi) is 6.11. The minimum absolute atomic E-state index is 0.111. The molecule has 0 spiro atoms. The van der Waals surface area contributed by atoms with Gasteiger partial charge in [0.05, 0.1) is 14.2 Å². The second-order valence-electron chi connectivity index (χ2n) is 2.40. The van der Waals surface area contributed by atoms with Gasteiger partial charge < -0.3 is 9.47 Å². The summed E-state index contributed by atoms with van der Waals surface area (Å²) in [5, 5.41) is 0. The Bertz CT molecular complexity index is 245. The molecular formula is C10H14O4. The molecule has 0 atom stereocenters. The largest absolute Gasteiger partial charge is 0.465 e. The lowest BCUT2D eigenvalue weighted by Crippen LogP contribution is -2.15. The number of hydrogen-bond donors (Lipinski definition) is 0. The quantitative estimate of drug-likeness (QED) is 0.224. The first-order valence-electron chi connectivity index (χ1n) is 4.20. The van der Waals surface area contributed by atoms with E-state index in [1.54, 1.807) is 6.08 Å². The van der Waals surface area contributed by atoms with E-state index in [1.165, 1.54) is 20.3 Å². The van der Waals surface area contributed by atoms with Crippen molar-refractivity contribution in [3.8, 4) is 0 Å². The molecule has 0 fully saturated rings. The van der Waals surface area contributed by atoms with E-state index in [0.717, 1.165) is 6.42 Å². The molecule has 0 heterocycles. The molecule has 4 heteroatoms. The summed E-state index contributed by atoms with van der Waals surface area (Å²) < 4.78 is 8.85. The van der Waals surface area contributed by atoms with E-state index in [-0.39, 0.29) is 5.57 Å². The molecule has 0 saturated heterocycles. The predicted molar refractivity (Wildman–Crippen MR) is 51.5 cm³/mol. The Labute approximate surface area is 83.2 Å². The summed E-state index contributed by atoms with van der Waals surface area (Å²) in [5.41, 5.74) is -0.111. The fourth-order valence-electron chi connectivity index (χ4n) is 0.740. The molecule has 78 valence electrons. The summed E-state index contributed by atoms with van der Waals surface area (Å²) in [6, 6.07) is 0. The van der Waals surface area contributed by atoms with Gasteiger partial charge in [-0.1, -0.05) is 19.1 Å². The van der Waals surface area contributed by atoms with Crippen molar-refractivity contribution in [2.45, 2.75) is 13.3 Å². The summed E-state index contributed by atoms with van der Waals surface area (Å²) in [6.07, 6.45) is 5.63. The van der Waals surface area contributed by atoms with Gasteiger partial charge in [-0.25, -0.2) is 9.59 Å². The summed E-state index contributed by atoms with van der Waals surface area (Å²) in [6.45, 7) is 1.94. The van der Waals surface area contributed by atoms with Crippen LogP contribution in [0.25, 0.3) is 0 Å². The molecule has 0 saturated carbocycles. The summed E-state index contributed by atoms with van der Waals surface area (Å²) >= 11 is 0. The smallest absolute Gasteiger partial charge is 0.345 e. The molecule has 0 amide bonds. The third-order valence-electron chi connectivity index (χ3n) is 1.45. The first-order valence-corrected chi connectivity index (χ1v) is 4.20. The minimum Gasteiger partial charge on any atom is -0.465 e. The topological polar surface area (TPSA) is 52.6 Å². The fourth-order valence-corrected chi connectivity index (χ4v) is 0.740. The SMILES string of the molecule is CC/C=C/C=C(C(=O)OC)C(=O)OC. The molecule has 0 bridgehead atoms. The summed E-state index contributed by atoms with van der Waals surface area (Å²) in [7, 11) is 2.42. The van der Waals surface area contributed by atoms with Crippen LogP contribution in [-0.4, -0.2) is 26.2 Å². The van der Waals surface area contributed by atoms with Crippen molar-refractivity contribution in [1.29, 1.82) is 0 Å². The molecule has 0 radical (unpaired) electrons. The number of methoxy groups -OCH3 is 2. The van der Waals surface area contributed by atoms with Crippen molar-refractivity contribution < 1.29 is 19.1 Å². The zero-order valence-corrected chi connectivity index (χ0v) is 8.57. The number of hydrogen-bond acceptors (Lipinski definition) is 4. The zero-order chi connectivity index (χ0) is 11.0. The van der Waals surface area contributed by atoms with Crippen LogP contribution in [0.2, 0.25) is 0 Å². The number of allylic oxidation sites excluding steroid dienone is 3. The molecule has 0 aliphatic carbocycles. The standard InChI is InChI=1S/C10H14O4/c1-4-5-6-7-8(9(11)13-2)10(12)14-3/h5-7H,4H2,1-3H3/b6-5+. The third-order valence-corrected chi connectivity index (χ3v) is 1.45. The first-order chi connectivity index (χ1) is 6.67. The van der Waals surface area contributed by atoms with Gasteiger partial charge in [0, 0.05) is 0 Å². The Balaban J connectivity index is 4.71. The van der Waals surface area contributed by atoms with Crippen LogP contribution in [-0.2, 0) is 19.1 Å². The molecule has 4 nitrogen and oxygen atoms in total. The molecule has 0 aromatic carbocycles. The predicted octanol–water partition coefficient (Wildman–Crippen LogP) is 1.23. The van der Waals surface area contributed by atoms with E-state index in [2.05, 4.69) is 9.47 Å². The van der Waals surface area contributed by atoms with Crippen molar-refractivity contribution in [2.24, 2.45) is 0 Å². The first kappa shape index (κ1) is 12.4. The van der Waals surface area contributed by atoms with E-state index in [1.807, 2.05) is 13.0 Å². The van der Waals surface area contributed by atoms with Crippen LogP contribution >= 0.6 is 0 Å². The van der Waals surface area contributed by atoms with Gasteiger partial charge in [-0.3, -0.25) is 0 Å². The molecule has 14 heavy (non-hydrogen) atoms. The summed E-state index contributed by atoms with van der Waals surface area (Å²) in [5.74, 6) is -1.39. The fraction of sp³-hybridized carbons (Fsp3) is 0.400. The average Bonchev–Trinajstić information content (AvgIpc) is 2.22.